The third-order valence-corrected chi connectivity index (χ3v) is 4.13. The first-order chi connectivity index (χ1) is 11.9. The SMILES string of the molecule is C=CC(=O)OCCC[N+](CCC)(CCC)CCC.O=S(=O)([O-])C(F)(F)F. The van der Waals surface area contributed by atoms with Gasteiger partial charge in [0.25, 0.3) is 0 Å². The summed E-state index contributed by atoms with van der Waals surface area (Å²) in [5.74, 6) is -0.311. The van der Waals surface area contributed by atoms with Gasteiger partial charge in [0.2, 0.25) is 0 Å². The maximum Gasteiger partial charge on any atom is 0.485 e. The predicted octanol–water partition coefficient (Wildman–Crippen LogP) is 3.20. The van der Waals surface area contributed by atoms with Crippen molar-refractivity contribution in [1.82, 2.24) is 0 Å². The molecule has 10 heteroatoms. The first kappa shape index (κ1) is 27.1. The normalized spacial score (nSPS) is 12.1. The van der Waals surface area contributed by atoms with Gasteiger partial charge in [0.1, 0.15) is 0 Å². The molecule has 156 valence electrons. The molecule has 0 rings (SSSR count). The average Bonchev–Trinajstić information content (AvgIpc) is 2.51. The molecule has 0 aliphatic rings. The Hall–Kier alpha value is -1.13. The van der Waals surface area contributed by atoms with Crippen molar-refractivity contribution in [2.75, 3.05) is 32.8 Å². The molecule has 0 saturated carbocycles. The van der Waals surface area contributed by atoms with E-state index in [9.17, 15) is 18.0 Å². The Morgan fingerprint density at radius 1 is 1.08 bits per heavy atom. The van der Waals surface area contributed by atoms with Crippen LogP contribution in [0.4, 0.5) is 13.2 Å². The molecule has 0 heterocycles. The Kier molecular flexibility index (Phi) is 13.7. The van der Waals surface area contributed by atoms with E-state index in [4.69, 9.17) is 17.7 Å². The van der Waals surface area contributed by atoms with E-state index in [0.29, 0.717) is 6.61 Å². The van der Waals surface area contributed by atoms with E-state index in [2.05, 4.69) is 27.4 Å². The van der Waals surface area contributed by atoms with Crippen LogP contribution in [0.25, 0.3) is 0 Å². The molecule has 0 bridgehead atoms. The number of rotatable bonds is 11. The fraction of sp³-hybridized carbons (Fsp3) is 0.812. The van der Waals surface area contributed by atoms with Crippen LogP contribution in [0.1, 0.15) is 46.5 Å². The average molecular weight is 405 g/mol. The third-order valence-electron chi connectivity index (χ3n) is 3.57. The molecule has 0 spiro atoms. The van der Waals surface area contributed by atoms with E-state index in [1.807, 2.05) is 0 Å². The summed E-state index contributed by atoms with van der Waals surface area (Å²) in [6, 6.07) is 0. The molecule has 0 amide bonds. The third kappa shape index (κ3) is 12.3. The van der Waals surface area contributed by atoms with Gasteiger partial charge in [0, 0.05) is 12.5 Å². The number of hydrogen-bond donors (Lipinski definition) is 0. The van der Waals surface area contributed by atoms with E-state index >= 15 is 0 Å². The van der Waals surface area contributed by atoms with Gasteiger partial charge in [-0.05, 0) is 19.3 Å². The number of alkyl halides is 3. The van der Waals surface area contributed by atoms with Crippen molar-refractivity contribution in [2.45, 2.75) is 52.0 Å². The van der Waals surface area contributed by atoms with Crippen LogP contribution in [0.15, 0.2) is 12.7 Å². The lowest BCUT2D eigenvalue weighted by molar-refractivity contribution is -0.928. The second-order valence-electron chi connectivity index (χ2n) is 5.86. The lowest BCUT2D eigenvalue weighted by Gasteiger charge is -2.38. The molecule has 0 aliphatic carbocycles. The van der Waals surface area contributed by atoms with Crippen molar-refractivity contribution in [3.8, 4) is 0 Å². The Balaban J connectivity index is 0. The molecule has 26 heavy (non-hydrogen) atoms. The Labute approximate surface area is 154 Å². The molecule has 0 saturated heterocycles. The maximum absolute atomic E-state index is 11.0. The Morgan fingerprint density at radius 3 is 1.73 bits per heavy atom. The van der Waals surface area contributed by atoms with Crippen LogP contribution < -0.4 is 0 Å². The summed E-state index contributed by atoms with van der Waals surface area (Å²) in [6.45, 7) is 15.5. The van der Waals surface area contributed by atoms with Crippen molar-refractivity contribution in [2.24, 2.45) is 0 Å². The molecule has 0 radical (unpaired) electrons. The minimum absolute atomic E-state index is 0.311. The van der Waals surface area contributed by atoms with Crippen molar-refractivity contribution in [3.63, 3.8) is 0 Å². The predicted molar refractivity (Wildman–Crippen MR) is 92.1 cm³/mol. The second-order valence-corrected chi connectivity index (χ2v) is 7.23. The topological polar surface area (TPSA) is 83.5 Å². The van der Waals surface area contributed by atoms with Crippen LogP contribution in [0.5, 0.6) is 0 Å². The van der Waals surface area contributed by atoms with E-state index < -0.39 is 15.6 Å². The van der Waals surface area contributed by atoms with E-state index in [-0.39, 0.29) is 5.97 Å². The number of nitrogens with zero attached hydrogens (tertiary/aromatic N) is 1. The summed E-state index contributed by atoms with van der Waals surface area (Å²) < 4.78 is 65.1. The highest BCUT2D eigenvalue weighted by atomic mass is 32.2. The van der Waals surface area contributed by atoms with Crippen LogP contribution in [-0.2, 0) is 19.6 Å². The molecular formula is C16H30F3NO5S. The second kappa shape index (κ2) is 13.1. The number of hydrogen-bond acceptors (Lipinski definition) is 5. The summed E-state index contributed by atoms with van der Waals surface area (Å²) in [5, 5.41) is 0. The van der Waals surface area contributed by atoms with E-state index in [1.165, 1.54) is 49.5 Å². The highest BCUT2D eigenvalue weighted by Crippen LogP contribution is 2.20. The molecule has 0 unspecified atom stereocenters. The first-order valence-corrected chi connectivity index (χ1v) is 9.96. The molecule has 0 atom stereocenters. The monoisotopic (exact) mass is 405 g/mol. The van der Waals surface area contributed by atoms with Gasteiger partial charge in [-0.25, -0.2) is 13.2 Å². The Bertz CT molecular complexity index is 489. The van der Waals surface area contributed by atoms with Gasteiger partial charge < -0.3 is 13.8 Å². The number of esters is 1. The van der Waals surface area contributed by atoms with Crippen LogP contribution in [0.2, 0.25) is 0 Å². The quantitative estimate of drug-likeness (QED) is 0.132. The lowest BCUT2D eigenvalue weighted by atomic mass is 10.2. The van der Waals surface area contributed by atoms with Gasteiger partial charge in [-0.3, -0.25) is 0 Å². The molecule has 0 N–H and O–H groups in total. The number of carbonyl (C=O) groups is 1. The van der Waals surface area contributed by atoms with Gasteiger partial charge in [-0.2, -0.15) is 13.2 Å². The summed E-state index contributed by atoms with van der Waals surface area (Å²) in [7, 11) is -6.09. The number of carbonyl (C=O) groups excluding carboxylic acids is 1. The van der Waals surface area contributed by atoms with E-state index in [0.717, 1.165) is 13.0 Å². The smallest absolute Gasteiger partial charge is 0.485 e. The van der Waals surface area contributed by atoms with Crippen molar-refractivity contribution in [3.05, 3.63) is 12.7 Å². The zero-order valence-electron chi connectivity index (χ0n) is 15.7. The molecule has 0 aromatic heterocycles. The Morgan fingerprint density at radius 2 is 1.46 bits per heavy atom. The molecule has 0 aliphatic heterocycles. The van der Waals surface area contributed by atoms with Gasteiger partial charge in [0.15, 0.2) is 10.1 Å². The minimum atomic E-state index is -6.09. The molecule has 0 fully saturated rings. The standard InChI is InChI=1S/C15H30NO2.CHF3O3S/c1-5-10-16(11-6-2,12-7-3)13-9-14-18-15(17)8-4;2-1(3,4)8(5,6)7/h8H,4-7,9-14H2,1-3H3;(H,5,6,7)/q+1;/p-1. The maximum atomic E-state index is 11.0. The summed E-state index contributed by atoms with van der Waals surface area (Å²) in [4.78, 5) is 11.0. The first-order valence-electron chi connectivity index (χ1n) is 8.55. The molecule has 0 aromatic carbocycles. The van der Waals surface area contributed by atoms with Crippen molar-refractivity contribution < 1.29 is 40.2 Å². The minimum Gasteiger partial charge on any atom is -0.741 e. The zero-order valence-corrected chi connectivity index (χ0v) is 16.5. The summed E-state index contributed by atoms with van der Waals surface area (Å²) in [6.07, 6.45) is 5.82. The fourth-order valence-corrected chi connectivity index (χ4v) is 2.73. The van der Waals surface area contributed by atoms with Crippen molar-refractivity contribution in [1.29, 1.82) is 0 Å². The van der Waals surface area contributed by atoms with Crippen LogP contribution >= 0.6 is 0 Å². The summed E-state index contributed by atoms with van der Waals surface area (Å²) in [5.41, 5.74) is -5.65. The largest absolute Gasteiger partial charge is 0.741 e. The number of halogens is 3. The molecule has 6 nitrogen and oxygen atoms in total. The molecule has 0 aromatic rings. The van der Waals surface area contributed by atoms with Crippen LogP contribution in [0, 0.1) is 0 Å². The van der Waals surface area contributed by atoms with Crippen LogP contribution in [0.3, 0.4) is 0 Å². The highest BCUT2D eigenvalue weighted by Gasteiger charge is 2.36. The lowest BCUT2D eigenvalue weighted by Crippen LogP contribution is -2.50. The van der Waals surface area contributed by atoms with Gasteiger partial charge in [0.05, 0.1) is 32.8 Å². The van der Waals surface area contributed by atoms with Gasteiger partial charge >= 0.3 is 11.5 Å². The van der Waals surface area contributed by atoms with Gasteiger partial charge in [-0.15, -0.1) is 0 Å². The zero-order chi connectivity index (χ0) is 20.9. The fourth-order valence-electron chi connectivity index (χ4n) is 2.73. The van der Waals surface area contributed by atoms with Gasteiger partial charge in [-0.1, -0.05) is 27.4 Å². The number of quaternary nitrogens is 1. The van der Waals surface area contributed by atoms with Crippen LogP contribution in [-0.4, -0.2) is 61.7 Å². The summed E-state index contributed by atoms with van der Waals surface area (Å²) >= 11 is 0. The molecular weight excluding hydrogens is 375 g/mol. The number of ether oxygens (including phenoxy) is 1. The highest BCUT2D eigenvalue weighted by molar-refractivity contribution is 7.86. The van der Waals surface area contributed by atoms with Crippen molar-refractivity contribution >= 4 is 16.1 Å². The van der Waals surface area contributed by atoms with E-state index in [1.54, 1.807) is 0 Å².